The first kappa shape index (κ1) is 17.5. The summed E-state index contributed by atoms with van der Waals surface area (Å²) in [4.78, 5) is 12.0. The lowest BCUT2D eigenvalue weighted by Gasteiger charge is -2.27. The van der Waals surface area contributed by atoms with E-state index < -0.39 is 12.2 Å². The Bertz CT molecular complexity index is 379. The number of carbonyl (C=O) groups excluding carboxylic acids is 1. The van der Waals surface area contributed by atoms with Gasteiger partial charge in [0.05, 0.1) is 12.2 Å². The number of cyclic esters (lactones) is 1. The summed E-state index contributed by atoms with van der Waals surface area (Å²) < 4.78 is 5.66. The largest absolute Gasteiger partial charge is 0.462 e. The summed E-state index contributed by atoms with van der Waals surface area (Å²) in [6, 6.07) is 0. The third-order valence-corrected chi connectivity index (χ3v) is 5.07. The zero-order chi connectivity index (χ0) is 15.9. The Hall–Kier alpha value is -0.870. The molecule has 126 valence electrons. The summed E-state index contributed by atoms with van der Waals surface area (Å²) in [6.45, 7) is 2.00. The molecule has 2 aliphatic rings. The van der Waals surface area contributed by atoms with E-state index in [9.17, 15) is 15.0 Å². The fourth-order valence-corrected chi connectivity index (χ4v) is 3.76. The van der Waals surface area contributed by atoms with Gasteiger partial charge in [0.1, 0.15) is 6.10 Å². The fraction of sp³-hybridized carbons (Fsp3) is 0.833. The number of hydrogen-bond donors (Lipinski definition) is 2. The van der Waals surface area contributed by atoms with Crippen LogP contribution in [0.15, 0.2) is 12.2 Å². The third kappa shape index (κ3) is 4.56. The van der Waals surface area contributed by atoms with Crippen molar-refractivity contribution in [3.8, 4) is 0 Å². The van der Waals surface area contributed by atoms with Gasteiger partial charge in [-0.1, -0.05) is 38.3 Å². The van der Waals surface area contributed by atoms with Gasteiger partial charge < -0.3 is 14.9 Å². The van der Waals surface area contributed by atoms with E-state index in [0.29, 0.717) is 12.8 Å². The molecule has 0 aromatic rings. The molecule has 1 saturated carbocycles. The van der Waals surface area contributed by atoms with Crippen molar-refractivity contribution in [2.24, 2.45) is 11.8 Å². The third-order valence-electron chi connectivity index (χ3n) is 5.07. The molecular weight excluding hydrogens is 280 g/mol. The van der Waals surface area contributed by atoms with Gasteiger partial charge >= 0.3 is 5.97 Å². The van der Waals surface area contributed by atoms with Crippen molar-refractivity contribution in [3.63, 3.8) is 0 Å². The number of esters is 1. The van der Waals surface area contributed by atoms with Gasteiger partial charge in [-0.3, -0.25) is 4.79 Å². The first-order valence-corrected chi connectivity index (χ1v) is 8.85. The molecule has 0 bridgehead atoms. The number of carbonyl (C=O) groups is 1. The molecule has 4 nitrogen and oxygen atoms in total. The monoisotopic (exact) mass is 310 g/mol. The second-order valence-corrected chi connectivity index (χ2v) is 6.71. The number of aliphatic hydroxyl groups excluding tert-OH is 2. The summed E-state index contributed by atoms with van der Waals surface area (Å²) in [7, 11) is 0. The molecule has 2 N–H and O–H groups in total. The molecule has 5 atom stereocenters. The molecule has 0 aromatic heterocycles. The molecule has 1 fully saturated rings. The molecule has 0 unspecified atom stereocenters. The fourth-order valence-electron chi connectivity index (χ4n) is 3.76. The molecule has 0 amide bonds. The summed E-state index contributed by atoms with van der Waals surface area (Å²) >= 11 is 0. The van der Waals surface area contributed by atoms with Crippen LogP contribution in [-0.2, 0) is 9.53 Å². The highest BCUT2D eigenvalue weighted by Gasteiger charge is 2.44. The predicted octanol–water partition coefficient (Wildman–Crippen LogP) is 2.97. The summed E-state index contributed by atoms with van der Waals surface area (Å²) in [5.74, 6) is -0.239. The van der Waals surface area contributed by atoms with Gasteiger partial charge in [0.15, 0.2) is 0 Å². The maximum atomic E-state index is 12.0. The molecule has 22 heavy (non-hydrogen) atoms. The number of aliphatic hydroxyl groups is 2. The highest BCUT2D eigenvalue weighted by molar-refractivity contribution is 5.69. The molecule has 4 heteroatoms. The highest BCUT2D eigenvalue weighted by atomic mass is 16.5. The maximum Gasteiger partial charge on any atom is 0.306 e. The summed E-state index contributed by atoms with van der Waals surface area (Å²) in [6.07, 6.45) is 10.7. The van der Waals surface area contributed by atoms with Crippen molar-refractivity contribution in [2.45, 2.75) is 83.0 Å². The van der Waals surface area contributed by atoms with Gasteiger partial charge in [-0.25, -0.2) is 0 Å². The van der Waals surface area contributed by atoms with Crippen molar-refractivity contribution in [2.75, 3.05) is 0 Å². The second kappa shape index (κ2) is 8.68. The van der Waals surface area contributed by atoms with E-state index in [1.807, 2.05) is 13.0 Å². The lowest BCUT2D eigenvalue weighted by molar-refractivity contribution is -0.153. The Kier molecular flexibility index (Phi) is 6.90. The molecule has 0 saturated heterocycles. The molecule has 1 aliphatic carbocycles. The van der Waals surface area contributed by atoms with E-state index in [-0.39, 0.29) is 23.9 Å². The Morgan fingerprint density at radius 2 is 1.91 bits per heavy atom. The first-order chi connectivity index (χ1) is 10.6. The molecular formula is C18H30O4. The Balaban J connectivity index is 2.12. The molecule has 1 heterocycles. The Labute approximate surface area is 133 Å². The molecule has 0 spiro atoms. The van der Waals surface area contributed by atoms with Crippen LogP contribution in [0.4, 0.5) is 0 Å². The lowest BCUT2D eigenvalue weighted by Crippen LogP contribution is -2.31. The van der Waals surface area contributed by atoms with Crippen LogP contribution in [0, 0.1) is 11.8 Å². The smallest absolute Gasteiger partial charge is 0.306 e. The number of allylic oxidation sites excluding steroid dienone is 1. The van der Waals surface area contributed by atoms with Crippen LogP contribution in [0.25, 0.3) is 0 Å². The second-order valence-electron chi connectivity index (χ2n) is 6.71. The minimum absolute atomic E-state index is 0.0122. The first-order valence-electron chi connectivity index (χ1n) is 8.85. The van der Waals surface area contributed by atoms with E-state index in [2.05, 4.69) is 6.08 Å². The molecule has 0 aromatic carbocycles. The minimum atomic E-state index is -0.748. The SMILES string of the molecule is CC[C@@H]1OC(=O)CCCCCCC/C=C\[C@@H]2[C@@H](O)[C@H](O)C[C@H]21. The van der Waals surface area contributed by atoms with Crippen molar-refractivity contribution in [1.29, 1.82) is 0 Å². The molecule has 2 rings (SSSR count). The van der Waals surface area contributed by atoms with E-state index >= 15 is 0 Å². The number of ether oxygens (including phenoxy) is 1. The van der Waals surface area contributed by atoms with Gasteiger partial charge in [-0.15, -0.1) is 0 Å². The van der Waals surface area contributed by atoms with Crippen molar-refractivity contribution >= 4 is 5.97 Å². The minimum Gasteiger partial charge on any atom is -0.462 e. The Morgan fingerprint density at radius 1 is 1.18 bits per heavy atom. The van der Waals surface area contributed by atoms with Gasteiger partial charge in [0.2, 0.25) is 0 Å². The average molecular weight is 310 g/mol. The van der Waals surface area contributed by atoms with Gasteiger partial charge in [0.25, 0.3) is 0 Å². The van der Waals surface area contributed by atoms with Crippen molar-refractivity contribution < 1.29 is 19.7 Å². The van der Waals surface area contributed by atoms with Crippen LogP contribution < -0.4 is 0 Å². The average Bonchev–Trinajstić information content (AvgIpc) is 2.78. The number of rotatable bonds is 1. The lowest BCUT2D eigenvalue weighted by atomic mass is 9.87. The summed E-state index contributed by atoms with van der Waals surface area (Å²) in [5.41, 5.74) is 0. The van der Waals surface area contributed by atoms with E-state index in [0.717, 1.165) is 38.5 Å². The van der Waals surface area contributed by atoms with Crippen LogP contribution in [-0.4, -0.2) is 34.5 Å². The van der Waals surface area contributed by atoms with E-state index in [4.69, 9.17) is 4.74 Å². The van der Waals surface area contributed by atoms with Gasteiger partial charge in [0, 0.05) is 18.3 Å². The zero-order valence-electron chi connectivity index (χ0n) is 13.6. The van der Waals surface area contributed by atoms with Gasteiger partial charge in [-0.2, -0.15) is 0 Å². The summed E-state index contributed by atoms with van der Waals surface area (Å²) in [5, 5.41) is 20.2. The van der Waals surface area contributed by atoms with E-state index in [1.165, 1.54) is 6.42 Å². The topological polar surface area (TPSA) is 66.8 Å². The molecule has 1 aliphatic heterocycles. The van der Waals surface area contributed by atoms with Gasteiger partial charge in [-0.05, 0) is 32.1 Å². The molecule has 0 radical (unpaired) electrons. The Morgan fingerprint density at radius 3 is 2.68 bits per heavy atom. The van der Waals surface area contributed by atoms with Crippen LogP contribution in [0.5, 0.6) is 0 Å². The zero-order valence-corrected chi connectivity index (χ0v) is 13.6. The number of fused-ring (bicyclic) bond motifs is 1. The van der Waals surface area contributed by atoms with Crippen LogP contribution in [0.2, 0.25) is 0 Å². The van der Waals surface area contributed by atoms with E-state index in [1.54, 1.807) is 0 Å². The highest BCUT2D eigenvalue weighted by Crippen LogP contribution is 2.38. The van der Waals surface area contributed by atoms with Crippen LogP contribution >= 0.6 is 0 Å². The maximum absolute atomic E-state index is 12.0. The standard InChI is InChI=1S/C18H30O4/c1-2-16-14-12-15(19)18(21)13(14)10-8-6-4-3-5-7-9-11-17(20)22-16/h8,10,13-16,18-19,21H,2-7,9,11-12H2,1H3/b10-8-/t13-,14+,15+,16-,18+/m0/s1. The quantitative estimate of drug-likeness (QED) is 0.577. The number of hydrogen-bond acceptors (Lipinski definition) is 4. The van der Waals surface area contributed by atoms with Crippen molar-refractivity contribution in [3.05, 3.63) is 12.2 Å². The predicted molar refractivity (Wildman–Crippen MR) is 85.2 cm³/mol. The normalized spacial score (nSPS) is 39.6. The van der Waals surface area contributed by atoms with Crippen LogP contribution in [0.1, 0.15) is 64.7 Å². The van der Waals surface area contributed by atoms with Crippen LogP contribution in [0.3, 0.4) is 0 Å². The van der Waals surface area contributed by atoms with Crippen molar-refractivity contribution in [1.82, 2.24) is 0 Å².